The molecule has 1 aliphatic heterocycles. The fraction of sp³-hybridized carbons (Fsp3) is 0.360. The molecular weight excluding hydrogens is 392 g/mol. The lowest BCUT2D eigenvalue weighted by Gasteiger charge is -2.26. The zero-order valence-electron chi connectivity index (χ0n) is 18.9. The molecule has 1 amide bonds. The van der Waals surface area contributed by atoms with Gasteiger partial charge in [0.25, 0.3) is 11.7 Å². The van der Waals surface area contributed by atoms with Crippen molar-refractivity contribution < 1.29 is 24.3 Å². The molecule has 0 aliphatic carbocycles. The van der Waals surface area contributed by atoms with E-state index >= 15 is 0 Å². The molecule has 31 heavy (non-hydrogen) atoms. The van der Waals surface area contributed by atoms with Gasteiger partial charge in [-0.1, -0.05) is 31.2 Å². The van der Waals surface area contributed by atoms with Gasteiger partial charge in [0.15, 0.2) is 0 Å². The van der Waals surface area contributed by atoms with E-state index in [-0.39, 0.29) is 11.3 Å². The number of benzene rings is 2. The molecule has 0 radical (unpaired) electrons. The third-order valence-electron chi connectivity index (χ3n) is 5.79. The topological polar surface area (TPSA) is 71.3 Å². The summed E-state index contributed by atoms with van der Waals surface area (Å²) >= 11 is 0. The van der Waals surface area contributed by atoms with Gasteiger partial charge in [0, 0.05) is 5.56 Å². The van der Waals surface area contributed by atoms with Crippen LogP contribution in [0.2, 0.25) is 0 Å². The maximum absolute atomic E-state index is 13.1. The Morgan fingerprint density at radius 3 is 2.35 bits per heavy atom. The predicted molar refractivity (Wildman–Crippen MR) is 120 cm³/mol. The number of aliphatic hydroxyl groups is 1. The molecular formula is C25H31N2O4+. The summed E-state index contributed by atoms with van der Waals surface area (Å²) in [4.78, 5) is 28.8. The molecule has 1 saturated heterocycles. The van der Waals surface area contributed by atoms with Gasteiger partial charge < -0.3 is 19.6 Å². The van der Waals surface area contributed by atoms with Gasteiger partial charge in [-0.3, -0.25) is 9.59 Å². The number of aryl methyl sites for hydroxylation is 2. The number of rotatable bonds is 7. The van der Waals surface area contributed by atoms with E-state index in [4.69, 9.17) is 4.74 Å². The summed E-state index contributed by atoms with van der Waals surface area (Å²) in [6.07, 6.45) is 0.898. The van der Waals surface area contributed by atoms with Gasteiger partial charge in [-0.2, -0.15) is 0 Å². The Balaban J connectivity index is 2.15. The number of quaternary nitrogens is 1. The number of likely N-dealkylation sites (N-methyl/N-ethyl adjacent to an activating group) is 1. The highest BCUT2D eigenvalue weighted by atomic mass is 16.5. The van der Waals surface area contributed by atoms with Crippen molar-refractivity contribution in [1.29, 1.82) is 0 Å². The zero-order chi connectivity index (χ0) is 22.7. The molecule has 2 N–H and O–H groups in total. The Kier molecular flexibility index (Phi) is 6.81. The zero-order valence-corrected chi connectivity index (χ0v) is 18.9. The first-order chi connectivity index (χ1) is 14.8. The van der Waals surface area contributed by atoms with E-state index < -0.39 is 17.7 Å². The molecule has 0 saturated carbocycles. The lowest BCUT2D eigenvalue weighted by atomic mass is 9.93. The molecule has 0 aromatic heterocycles. The van der Waals surface area contributed by atoms with Crippen LogP contribution in [0.25, 0.3) is 5.76 Å². The van der Waals surface area contributed by atoms with Crippen LogP contribution < -0.4 is 9.64 Å². The van der Waals surface area contributed by atoms with Gasteiger partial charge in [0.2, 0.25) is 0 Å². The van der Waals surface area contributed by atoms with E-state index in [0.29, 0.717) is 24.4 Å². The van der Waals surface area contributed by atoms with Gasteiger partial charge >= 0.3 is 0 Å². The molecule has 1 heterocycles. The van der Waals surface area contributed by atoms with Crippen molar-refractivity contribution in [2.75, 3.05) is 34.3 Å². The summed E-state index contributed by atoms with van der Waals surface area (Å²) in [5.41, 5.74) is 3.41. The van der Waals surface area contributed by atoms with Crippen LogP contribution in [0.5, 0.6) is 5.75 Å². The summed E-state index contributed by atoms with van der Waals surface area (Å²) in [5, 5.41) is 11.2. The number of methoxy groups -OCH3 is 1. The molecule has 0 spiro atoms. The largest absolute Gasteiger partial charge is 0.507 e. The second kappa shape index (κ2) is 9.35. The SMILES string of the molecule is CCc1ccc([C@H]2/C(=C(\O)c3ccc(OC)cc3C)C(=O)C(=O)N2CC[NH+](C)C)cc1. The fourth-order valence-electron chi connectivity index (χ4n) is 3.91. The summed E-state index contributed by atoms with van der Waals surface area (Å²) in [5.74, 6) is -0.706. The van der Waals surface area contributed by atoms with E-state index in [0.717, 1.165) is 17.5 Å². The van der Waals surface area contributed by atoms with Crippen molar-refractivity contribution in [2.45, 2.75) is 26.3 Å². The predicted octanol–water partition coefficient (Wildman–Crippen LogP) is 2.13. The summed E-state index contributed by atoms with van der Waals surface area (Å²) in [6, 6.07) is 12.5. The number of ketones is 1. The number of aliphatic hydroxyl groups excluding tert-OH is 1. The first kappa shape index (κ1) is 22.6. The minimum Gasteiger partial charge on any atom is -0.507 e. The van der Waals surface area contributed by atoms with Crippen molar-refractivity contribution in [3.8, 4) is 5.75 Å². The summed E-state index contributed by atoms with van der Waals surface area (Å²) in [7, 11) is 5.58. The van der Waals surface area contributed by atoms with Gasteiger partial charge in [-0.15, -0.1) is 0 Å². The summed E-state index contributed by atoms with van der Waals surface area (Å²) in [6.45, 7) is 5.03. The standard InChI is InChI=1S/C25H30N2O4/c1-6-17-7-9-18(10-8-17)22-21(24(29)25(30)27(22)14-13-26(3)4)23(28)20-12-11-19(31-5)15-16(20)2/h7-12,15,22,28H,6,13-14H2,1-5H3/p+1/b23-21+/t22-/m0/s1. The van der Waals surface area contributed by atoms with Crippen molar-refractivity contribution in [1.82, 2.24) is 4.90 Å². The number of nitrogens with one attached hydrogen (secondary N) is 1. The van der Waals surface area contributed by atoms with Crippen LogP contribution in [0.15, 0.2) is 48.0 Å². The molecule has 1 fully saturated rings. The Morgan fingerprint density at radius 2 is 1.81 bits per heavy atom. The van der Waals surface area contributed by atoms with Gasteiger partial charge in [0.1, 0.15) is 11.5 Å². The van der Waals surface area contributed by atoms with Crippen LogP contribution >= 0.6 is 0 Å². The highest BCUT2D eigenvalue weighted by Crippen LogP contribution is 2.40. The van der Waals surface area contributed by atoms with Crippen LogP contribution in [0.1, 0.15) is 35.2 Å². The van der Waals surface area contributed by atoms with Crippen molar-refractivity contribution in [3.63, 3.8) is 0 Å². The van der Waals surface area contributed by atoms with E-state index in [2.05, 4.69) is 6.92 Å². The third-order valence-corrected chi connectivity index (χ3v) is 5.79. The molecule has 1 aliphatic rings. The Hall–Kier alpha value is -3.12. The van der Waals surface area contributed by atoms with Crippen LogP contribution in [-0.4, -0.2) is 56.0 Å². The number of hydrogen-bond donors (Lipinski definition) is 2. The minimum absolute atomic E-state index is 0.135. The van der Waals surface area contributed by atoms with Crippen LogP contribution in [0.3, 0.4) is 0 Å². The van der Waals surface area contributed by atoms with E-state index in [1.54, 1.807) is 30.2 Å². The minimum atomic E-state index is -0.647. The highest BCUT2D eigenvalue weighted by molar-refractivity contribution is 6.46. The van der Waals surface area contributed by atoms with E-state index in [9.17, 15) is 14.7 Å². The number of ether oxygens (including phenoxy) is 1. The van der Waals surface area contributed by atoms with Crippen molar-refractivity contribution in [3.05, 3.63) is 70.3 Å². The number of nitrogens with zero attached hydrogens (tertiary/aromatic N) is 1. The van der Waals surface area contributed by atoms with Crippen molar-refractivity contribution >= 4 is 17.4 Å². The maximum Gasteiger partial charge on any atom is 0.295 e. The first-order valence-corrected chi connectivity index (χ1v) is 10.6. The second-order valence-corrected chi connectivity index (χ2v) is 8.23. The number of hydrogen-bond acceptors (Lipinski definition) is 4. The fourth-order valence-corrected chi connectivity index (χ4v) is 3.91. The molecule has 2 aromatic carbocycles. The molecule has 6 heteroatoms. The Labute approximate surface area is 183 Å². The Bertz CT molecular complexity index is 1010. The lowest BCUT2D eigenvalue weighted by molar-refractivity contribution is -0.857. The number of Topliss-reactive ketones (excluding diaryl/α,β-unsaturated/α-hetero) is 1. The molecule has 6 nitrogen and oxygen atoms in total. The molecule has 0 unspecified atom stereocenters. The Morgan fingerprint density at radius 1 is 1.13 bits per heavy atom. The summed E-state index contributed by atoms with van der Waals surface area (Å²) < 4.78 is 5.25. The quantitative estimate of drug-likeness (QED) is 0.407. The van der Waals surface area contributed by atoms with Crippen molar-refractivity contribution in [2.24, 2.45) is 0 Å². The average Bonchev–Trinajstić information content (AvgIpc) is 3.01. The lowest BCUT2D eigenvalue weighted by Crippen LogP contribution is -3.06. The normalized spacial score (nSPS) is 18.1. The average molecular weight is 424 g/mol. The highest BCUT2D eigenvalue weighted by Gasteiger charge is 2.46. The number of carbonyl (C=O) groups excluding carboxylic acids is 2. The van der Waals surface area contributed by atoms with Crippen LogP contribution in [0, 0.1) is 6.92 Å². The van der Waals surface area contributed by atoms with Gasteiger partial charge in [-0.25, -0.2) is 0 Å². The third kappa shape index (κ3) is 4.49. The number of likely N-dealkylation sites (tertiary alicyclic amines) is 1. The van der Waals surface area contributed by atoms with E-state index in [1.807, 2.05) is 45.3 Å². The smallest absolute Gasteiger partial charge is 0.295 e. The monoisotopic (exact) mass is 423 g/mol. The molecule has 164 valence electrons. The number of carbonyl (C=O) groups is 2. The molecule has 0 bridgehead atoms. The second-order valence-electron chi connectivity index (χ2n) is 8.23. The molecule has 1 atom stereocenters. The maximum atomic E-state index is 13.1. The first-order valence-electron chi connectivity index (χ1n) is 10.6. The van der Waals surface area contributed by atoms with E-state index in [1.165, 1.54) is 10.5 Å². The number of amides is 1. The molecule has 3 rings (SSSR count). The van der Waals surface area contributed by atoms with Gasteiger partial charge in [0.05, 0.1) is 45.9 Å². The van der Waals surface area contributed by atoms with Crippen LogP contribution in [-0.2, 0) is 16.0 Å². The molecule has 2 aromatic rings. The van der Waals surface area contributed by atoms with Gasteiger partial charge in [-0.05, 0) is 48.2 Å². The van der Waals surface area contributed by atoms with Crippen LogP contribution in [0.4, 0.5) is 0 Å².